The van der Waals surface area contributed by atoms with E-state index in [0.29, 0.717) is 11.9 Å². The van der Waals surface area contributed by atoms with Gasteiger partial charge >= 0.3 is 0 Å². The van der Waals surface area contributed by atoms with Crippen molar-refractivity contribution >= 4 is 11.9 Å². The summed E-state index contributed by atoms with van der Waals surface area (Å²) in [5.74, 6) is 1.16. The quantitative estimate of drug-likeness (QED) is 0.706. The van der Waals surface area contributed by atoms with Crippen molar-refractivity contribution in [3.63, 3.8) is 0 Å². The highest BCUT2D eigenvalue weighted by Crippen LogP contribution is 2.35. The minimum Gasteiger partial charge on any atom is -0.341 e. The molecule has 90 valence electrons. The summed E-state index contributed by atoms with van der Waals surface area (Å²) in [7, 11) is 0. The van der Waals surface area contributed by atoms with Crippen LogP contribution in [0.4, 0.5) is 0 Å². The minimum atomic E-state index is -0.383. The first-order valence-electron chi connectivity index (χ1n) is 6.22. The van der Waals surface area contributed by atoms with Gasteiger partial charge in [-0.15, -0.1) is 0 Å². The van der Waals surface area contributed by atoms with Crippen LogP contribution in [0, 0.1) is 5.92 Å². The van der Waals surface area contributed by atoms with Crippen LogP contribution < -0.4 is 10.6 Å². The van der Waals surface area contributed by atoms with Gasteiger partial charge in [0.2, 0.25) is 0 Å². The summed E-state index contributed by atoms with van der Waals surface area (Å²) in [4.78, 5) is 16.5. The number of hydrogen-bond donors (Lipinski definition) is 2. The number of rotatable bonds is 1. The van der Waals surface area contributed by atoms with Crippen LogP contribution in [-0.4, -0.2) is 23.4 Å². The second kappa shape index (κ2) is 4.07. The molecule has 0 radical (unpaired) electrons. The number of aliphatic imine (C=N–C) groups is 1. The van der Waals surface area contributed by atoms with Gasteiger partial charge < -0.3 is 5.32 Å². The molecule has 0 bridgehead atoms. The monoisotopic (exact) mass is 223 g/mol. The molecule has 1 amide bonds. The van der Waals surface area contributed by atoms with E-state index < -0.39 is 0 Å². The van der Waals surface area contributed by atoms with Gasteiger partial charge in [0, 0.05) is 6.04 Å². The molecule has 0 aromatic rings. The number of hydrogen-bond acceptors (Lipinski definition) is 2. The Morgan fingerprint density at radius 1 is 1.44 bits per heavy atom. The standard InChI is InChI=1S/C12H21N3O/c1-8(2)13-11-14-10(16)12(15-11)7-5-4-6-9(12)3/h8-9H,4-7H2,1-3H3,(H2,13,14,15,16). The summed E-state index contributed by atoms with van der Waals surface area (Å²) in [6.45, 7) is 6.18. The van der Waals surface area contributed by atoms with Crippen LogP contribution in [-0.2, 0) is 4.79 Å². The molecule has 1 saturated heterocycles. The second-order valence-electron chi connectivity index (χ2n) is 5.27. The van der Waals surface area contributed by atoms with Gasteiger partial charge in [0.25, 0.3) is 5.91 Å². The molecule has 2 atom stereocenters. The maximum Gasteiger partial charge on any atom is 0.252 e. The average Bonchev–Trinajstić information content (AvgIpc) is 2.48. The Labute approximate surface area is 96.9 Å². The molecule has 2 unspecified atom stereocenters. The Morgan fingerprint density at radius 2 is 2.19 bits per heavy atom. The summed E-state index contributed by atoms with van der Waals surface area (Å²) in [6, 6.07) is 0.205. The molecule has 1 heterocycles. The predicted molar refractivity (Wildman–Crippen MR) is 64.2 cm³/mol. The summed E-state index contributed by atoms with van der Waals surface area (Å²) in [5, 5.41) is 6.20. The molecule has 1 saturated carbocycles. The first-order valence-corrected chi connectivity index (χ1v) is 6.22. The van der Waals surface area contributed by atoms with Crippen molar-refractivity contribution < 1.29 is 4.79 Å². The van der Waals surface area contributed by atoms with Gasteiger partial charge in [-0.05, 0) is 32.6 Å². The molecule has 2 fully saturated rings. The van der Waals surface area contributed by atoms with Gasteiger partial charge in [0.15, 0.2) is 5.96 Å². The van der Waals surface area contributed by atoms with Gasteiger partial charge in [0.1, 0.15) is 5.54 Å². The van der Waals surface area contributed by atoms with Crippen molar-refractivity contribution in [1.29, 1.82) is 0 Å². The lowest BCUT2D eigenvalue weighted by atomic mass is 9.74. The van der Waals surface area contributed by atoms with Crippen molar-refractivity contribution in [2.45, 2.75) is 58.0 Å². The number of carbonyl (C=O) groups is 1. The Kier molecular flexibility index (Phi) is 2.91. The van der Waals surface area contributed by atoms with Crippen molar-refractivity contribution in [1.82, 2.24) is 10.6 Å². The summed E-state index contributed by atoms with van der Waals surface area (Å²) in [6.07, 6.45) is 4.40. The van der Waals surface area contributed by atoms with E-state index in [1.165, 1.54) is 6.42 Å². The van der Waals surface area contributed by atoms with Crippen LogP contribution in [0.5, 0.6) is 0 Å². The van der Waals surface area contributed by atoms with Crippen LogP contribution in [0.3, 0.4) is 0 Å². The number of carbonyl (C=O) groups excluding carboxylic acids is 1. The molecule has 16 heavy (non-hydrogen) atoms. The minimum absolute atomic E-state index is 0.110. The van der Waals surface area contributed by atoms with Crippen molar-refractivity contribution in [3.8, 4) is 0 Å². The zero-order valence-electron chi connectivity index (χ0n) is 10.3. The summed E-state index contributed by atoms with van der Waals surface area (Å²) < 4.78 is 0. The lowest BCUT2D eigenvalue weighted by molar-refractivity contribution is -0.126. The third kappa shape index (κ3) is 1.81. The van der Waals surface area contributed by atoms with Gasteiger partial charge in [-0.25, -0.2) is 0 Å². The highest BCUT2D eigenvalue weighted by molar-refractivity contribution is 6.09. The molecule has 2 N–H and O–H groups in total. The fraction of sp³-hybridized carbons (Fsp3) is 0.833. The van der Waals surface area contributed by atoms with E-state index in [2.05, 4.69) is 22.5 Å². The summed E-state index contributed by atoms with van der Waals surface area (Å²) in [5.41, 5.74) is -0.383. The number of nitrogens with one attached hydrogen (secondary N) is 2. The van der Waals surface area contributed by atoms with Crippen molar-refractivity contribution in [3.05, 3.63) is 0 Å². The highest BCUT2D eigenvalue weighted by atomic mass is 16.2. The molecule has 1 aliphatic carbocycles. The molecular weight excluding hydrogens is 202 g/mol. The number of guanidine groups is 1. The molecule has 4 heteroatoms. The molecular formula is C12H21N3O. The van der Waals surface area contributed by atoms with E-state index in [1.807, 2.05) is 13.8 Å². The van der Waals surface area contributed by atoms with E-state index in [0.717, 1.165) is 19.3 Å². The predicted octanol–water partition coefficient (Wildman–Crippen LogP) is 1.42. The third-order valence-electron chi connectivity index (χ3n) is 3.67. The van der Waals surface area contributed by atoms with E-state index in [-0.39, 0.29) is 17.5 Å². The lowest BCUT2D eigenvalue weighted by Crippen LogP contribution is -2.53. The molecule has 1 spiro atoms. The fourth-order valence-electron chi connectivity index (χ4n) is 2.71. The van der Waals surface area contributed by atoms with E-state index in [9.17, 15) is 4.79 Å². The average molecular weight is 223 g/mol. The van der Waals surface area contributed by atoms with Crippen molar-refractivity contribution in [2.75, 3.05) is 0 Å². The number of nitrogens with zero attached hydrogens (tertiary/aromatic N) is 1. The van der Waals surface area contributed by atoms with Crippen LogP contribution in [0.1, 0.15) is 46.5 Å². The summed E-state index contributed by atoms with van der Waals surface area (Å²) >= 11 is 0. The molecule has 0 aromatic heterocycles. The zero-order valence-corrected chi connectivity index (χ0v) is 10.3. The first-order chi connectivity index (χ1) is 7.54. The van der Waals surface area contributed by atoms with Gasteiger partial charge in [-0.3, -0.25) is 15.1 Å². The zero-order chi connectivity index (χ0) is 11.8. The van der Waals surface area contributed by atoms with Crippen LogP contribution in [0.2, 0.25) is 0 Å². The van der Waals surface area contributed by atoms with Crippen LogP contribution in [0.25, 0.3) is 0 Å². The first kappa shape index (κ1) is 11.4. The van der Waals surface area contributed by atoms with E-state index >= 15 is 0 Å². The van der Waals surface area contributed by atoms with Crippen LogP contribution in [0.15, 0.2) is 4.99 Å². The largest absolute Gasteiger partial charge is 0.341 e. The Hall–Kier alpha value is -1.06. The topological polar surface area (TPSA) is 53.5 Å². The number of amides is 1. The molecule has 0 aromatic carbocycles. The molecule has 4 nitrogen and oxygen atoms in total. The van der Waals surface area contributed by atoms with E-state index in [4.69, 9.17) is 0 Å². The maximum atomic E-state index is 12.1. The molecule has 2 rings (SSSR count). The fourth-order valence-corrected chi connectivity index (χ4v) is 2.71. The van der Waals surface area contributed by atoms with Crippen molar-refractivity contribution in [2.24, 2.45) is 10.9 Å². The Bertz CT molecular complexity index is 324. The van der Waals surface area contributed by atoms with Crippen LogP contribution >= 0.6 is 0 Å². The Morgan fingerprint density at radius 3 is 2.81 bits per heavy atom. The Balaban J connectivity index is 2.20. The third-order valence-corrected chi connectivity index (χ3v) is 3.67. The smallest absolute Gasteiger partial charge is 0.252 e. The maximum absolute atomic E-state index is 12.1. The van der Waals surface area contributed by atoms with Gasteiger partial charge in [0.05, 0.1) is 0 Å². The normalized spacial score (nSPS) is 36.9. The van der Waals surface area contributed by atoms with Gasteiger partial charge in [-0.2, -0.15) is 0 Å². The second-order valence-corrected chi connectivity index (χ2v) is 5.27. The lowest BCUT2D eigenvalue weighted by Gasteiger charge is -2.36. The molecule has 1 aliphatic heterocycles. The van der Waals surface area contributed by atoms with Gasteiger partial charge in [-0.1, -0.05) is 19.8 Å². The highest BCUT2D eigenvalue weighted by Gasteiger charge is 2.49. The molecule has 2 aliphatic rings. The van der Waals surface area contributed by atoms with E-state index in [1.54, 1.807) is 0 Å². The SMILES string of the molecule is CC(C)N=C1NC(=O)C2(CCCCC2C)N1.